The number of carbonyl (C=O) groups excluding carboxylic acids is 1. The molecule has 1 aromatic heterocycles. The Hall–Kier alpha value is -3.81. The Kier molecular flexibility index (Phi) is 6.56. The lowest BCUT2D eigenvalue weighted by molar-refractivity contribution is -0.138. The first-order valence-electron chi connectivity index (χ1n) is 10.8. The van der Waals surface area contributed by atoms with Crippen LogP contribution in [0.1, 0.15) is 29.5 Å². The van der Waals surface area contributed by atoms with Crippen molar-refractivity contribution in [3.8, 4) is 17.2 Å². The molecule has 0 bridgehead atoms. The first-order valence-corrected chi connectivity index (χ1v) is 10.8. The minimum Gasteiger partial charge on any atom is -0.379 e. The van der Waals surface area contributed by atoms with Crippen LogP contribution in [-0.4, -0.2) is 51.1 Å². The summed E-state index contributed by atoms with van der Waals surface area (Å²) in [6.07, 6.45) is 0.207. The number of aromatic nitrogens is 2. The van der Waals surface area contributed by atoms with E-state index in [4.69, 9.17) is 5.26 Å². The second-order valence-electron chi connectivity index (χ2n) is 8.74. The van der Waals surface area contributed by atoms with Crippen molar-refractivity contribution in [1.82, 2.24) is 14.9 Å². The topological polar surface area (TPSA) is 102 Å². The van der Waals surface area contributed by atoms with Crippen LogP contribution < -0.4 is 5.32 Å². The van der Waals surface area contributed by atoms with Gasteiger partial charge >= 0.3 is 6.18 Å². The van der Waals surface area contributed by atoms with E-state index in [1.807, 2.05) is 29.2 Å². The molecule has 10 heteroatoms. The summed E-state index contributed by atoms with van der Waals surface area (Å²) >= 11 is 0. The quantitative estimate of drug-likeness (QED) is 0.555. The molecule has 4 rings (SSSR count). The maximum absolute atomic E-state index is 13.2. The van der Waals surface area contributed by atoms with Gasteiger partial charge in [-0.1, -0.05) is 24.3 Å². The lowest BCUT2D eigenvalue weighted by Crippen LogP contribution is -2.55. The van der Waals surface area contributed by atoms with Crippen LogP contribution in [-0.2, 0) is 11.0 Å². The highest BCUT2D eigenvalue weighted by atomic mass is 19.4. The van der Waals surface area contributed by atoms with E-state index in [2.05, 4.69) is 15.3 Å². The molecule has 2 heterocycles. The van der Waals surface area contributed by atoms with Gasteiger partial charge in [-0.05, 0) is 36.2 Å². The van der Waals surface area contributed by atoms with E-state index in [9.17, 15) is 23.1 Å². The molecule has 1 fully saturated rings. The van der Waals surface area contributed by atoms with Crippen LogP contribution >= 0.6 is 0 Å². The minimum atomic E-state index is -4.74. The maximum atomic E-state index is 13.2. The van der Waals surface area contributed by atoms with Crippen molar-refractivity contribution in [2.45, 2.75) is 24.6 Å². The second kappa shape index (κ2) is 9.44. The van der Waals surface area contributed by atoms with Crippen molar-refractivity contribution in [2.24, 2.45) is 0 Å². The van der Waals surface area contributed by atoms with Crippen molar-refractivity contribution < 1.29 is 23.1 Å². The van der Waals surface area contributed by atoms with Crippen LogP contribution in [0.3, 0.4) is 0 Å². The number of alkyl halides is 3. The van der Waals surface area contributed by atoms with Gasteiger partial charge in [-0.2, -0.15) is 18.4 Å². The Bertz CT molecular complexity index is 1250. The van der Waals surface area contributed by atoms with E-state index in [1.165, 1.54) is 25.4 Å². The predicted octanol–water partition coefficient (Wildman–Crippen LogP) is 3.82. The molecular weight excluding hydrogens is 459 g/mol. The number of nitrogens with one attached hydrogen (secondary N) is 1. The molecule has 2 N–H and O–H groups in total. The summed E-state index contributed by atoms with van der Waals surface area (Å²) in [4.78, 5) is 22.5. The molecule has 7 nitrogen and oxygen atoms in total. The number of carbonyl (C=O) groups is 1. The van der Waals surface area contributed by atoms with Crippen molar-refractivity contribution in [3.63, 3.8) is 0 Å². The zero-order valence-corrected chi connectivity index (χ0v) is 18.8. The number of likely N-dealkylation sites (tertiary alicyclic amines) is 1. The number of anilines is 1. The van der Waals surface area contributed by atoms with Gasteiger partial charge in [-0.3, -0.25) is 9.69 Å². The molecule has 0 saturated carbocycles. The van der Waals surface area contributed by atoms with Gasteiger partial charge in [0.2, 0.25) is 0 Å². The highest BCUT2D eigenvalue weighted by molar-refractivity contribution is 5.97. The summed E-state index contributed by atoms with van der Waals surface area (Å²) in [5.41, 5.74) is -0.611. The minimum absolute atomic E-state index is 0.0250. The van der Waals surface area contributed by atoms with Gasteiger partial charge < -0.3 is 10.4 Å². The van der Waals surface area contributed by atoms with Crippen molar-refractivity contribution >= 4 is 11.6 Å². The number of amides is 1. The van der Waals surface area contributed by atoms with Crippen LogP contribution in [0, 0.1) is 11.3 Å². The molecule has 35 heavy (non-hydrogen) atoms. The van der Waals surface area contributed by atoms with Crippen LogP contribution in [0.2, 0.25) is 0 Å². The molecule has 0 aliphatic carbocycles. The van der Waals surface area contributed by atoms with Crippen molar-refractivity contribution in [1.29, 1.82) is 5.26 Å². The molecule has 1 aliphatic rings. The number of aliphatic hydroxyl groups is 1. The number of hydrogen-bond acceptors (Lipinski definition) is 6. The highest BCUT2D eigenvalue weighted by Gasteiger charge is 2.38. The van der Waals surface area contributed by atoms with Crippen molar-refractivity contribution in [3.05, 3.63) is 77.9 Å². The van der Waals surface area contributed by atoms with E-state index in [-0.39, 0.29) is 18.2 Å². The van der Waals surface area contributed by atoms with Gasteiger partial charge in [-0.25, -0.2) is 9.97 Å². The van der Waals surface area contributed by atoms with Gasteiger partial charge in [0, 0.05) is 49.2 Å². The molecule has 3 aromatic rings. The van der Waals surface area contributed by atoms with Gasteiger partial charge in [-0.15, -0.1) is 0 Å². The normalized spacial score (nSPS) is 16.1. The standard InChI is InChI=1S/C25H22F3N5O2/c1-24(35,23(34)32-21-7-6-18(9-29)22(8-21)25(26,27)28)14-33-12-20(13-33)17-4-2-16(3-5-17)19-10-30-15-31-11-19/h2-8,10-11,15,20,35H,12-14H2,1H3,(H,32,34). The molecule has 1 amide bonds. The number of hydrogen-bond donors (Lipinski definition) is 2. The molecule has 1 aliphatic heterocycles. The summed E-state index contributed by atoms with van der Waals surface area (Å²) in [6, 6.07) is 12.4. The molecule has 1 atom stereocenters. The number of benzene rings is 2. The van der Waals surface area contributed by atoms with Crippen LogP contribution in [0.25, 0.3) is 11.1 Å². The average Bonchev–Trinajstić information content (AvgIpc) is 2.81. The Morgan fingerprint density at radius 1 is 1.14 bits per heavy atom. The SMILES string of the molecule is CC(O)(CN1CC(c2ccc(-c3cncnc3)cc2)C1)C(=O)Nc1ccc(C#N)c(C(F)(F)F)c1. The molecule has 1 saturated heterocycles. The fourth-order valence-electron chi connectivity index (χ4n) is 4.03. The lowest BCUT2D eigenvalue weighted by atomic mass is 9.89. The third-order valence-corrected chi connectivity index (χ3v) is 5.96. The van der Waals surface area contributed by atoms with Crippen LogP contribution in [0.4, 0.5) is 18.9 Å². The van der Waals surface area contributed by atoms with E-state index in [0.717, 1.165) is 22.8 Å². The number of β-amino-alcohol motifs (C(OH)–C–C–N with tert-alkyl or cyclic N) is 1. The smallest absolute Gasteiger partial charge is 0.379 e. The van der Waals surface area contributed by atoms with Gasteiger partial charge in [0.15, 0.2) is 5.60 Å². The molecule has 180 valence electrons. The number of nitrogens with zero attached hydrogens (tertiary/aromatic N) is 4. The molecule has 0 radical (unpaired) electrons. The third-order valence-electron chi connectivity index (χ3n) is 5.96. The maximum Gasteiger partial charge on any atom is 0.417 e. The summed E-state index contributed by atoms with van der Waals surface area (Å²) < 4.78 is 39.5. The van der Waals surface area contributed by atoms with Crippen LogP contribution in [0.15, 0.2) is 61.2 Å². The molecule has 2 aromatic carbocycles. The van der Waals surface area contributed by atoms with Crippen molar-refractivity contribution in [2.75, 3.05) is 25.0 Å². The Balaban J connectivity index is 1.34. The van der Waals surface area contributed by atoms with E-state index < -0.39 is 28.8 Å². The lowest BCUT2D eigenvalue weighted by Gasteiger charge is -2.42. The van der Waals surface area contributed by atoms with Gasteiger partial charge in [0.05, 0.1) is 17.2 Å². The molecule has 1 unspecified atom stereocenters. The molecular formula is C25H22F3N5O2. The Labute approximate surface area is 199 Å². The third kappa shape index (κ3) is 5.48. The summed E-state index contributed by atoms with van der Waals surface area (Å²) in [7, 11) is 0. The predicted molar refractivity (Wildman–Crippen MR) is 122 cm³/mol. The van der Waals surface area contributed by atoms with E-state index in [1.54, 1.807) is 12.4 Å². The molecule has 0 spiro atoms. The second-order valence-corrected chi connectivity index (χ2v) is 8.74. The first kappa shape index (κ1) is 24.3. The highest BCUT2D eigenvalue weighted by Crippen LogP contribution is 2.34. The van der Waals surface area contributed by atoms with Gasteiger partial charge in [0.1, 0.15) is 6.33 Å². The first-order chi connectivity index (χ1) is 16.6. The number of halogens is 3. The summed E-state index contributed by atoms with van der Waals surface area (Å²) in [5, 5.41) is 21.9. The Morgan fingerprint density at radius 2 is 1.80 bits per heavy atom. The van der Waals surface area contributed by atoms with E-state index >= 15 is 0 Å². The largest absolute Gasteiger partial charge is 0.417 e. The zero-order valence-electron chi connectivity index (χ0n) is 18.8. The van der Waals surface area contributed by atoms with Gasteiger partial charge in [0.25, 0.3) is 5.91 Å². The summed E-state index contributed by atoms with van der Waals surface area (Å²) in [5.74, 6) is -0.587. The number of nitriles is 1. The average molecular weight is 481 g/mol. The zero-order chi connectivity index (χ0) is 25.2. The monoisotopic (exact) mass is 481 g/mol. The number of rotatable bonds is 6. The van der Waals surface area contributed by atoms with E-state index in [0.29, 0.717) is 19.2 Å². The fourth-order valence-corrected chi connectivity index (χ4v) is 4.03. The Morgan fingerprint density at radius 3 is 2.40 bits per heavy atom. The van der Waals surface area contributed by atoms with Crippen LogP contribution in [0.5, 0.6) is 0 Å². The fraction of sp³-hybridized carbons (Fsp3) is 0.280. The summed E-state index contributed by atoms with van der Waals surface area (Å²) in [6.45, 7) is 2.61.